The third-order valence-electron chi connectivity index (χ3n) is 4.69. The van der Waals surface area contributed by atoms with Crippen molar-refractivity contribution >= 4 is 11.6 Å². The molecule has 1 aromatic heterocycles. The van der Waals surface area contributed by atoms with Crippen molar-refractivity contribution in [1.29, 1.82) is 0 Å². The van der Waals surface area contributed by atoms with Gasteiger partial charge in [0.1, 0.15) is 40.4 Å². The maximum Gasteiger partial charge on any atom is 0.422 e. The van der Waals surface area contributed by atoms with Crippen molar-refractivity contribution in [3.05, 3.63) is 69.7 Å². The Morgan fingerprint density at radius 1 is 1.14 bits per heavy atom. The van der Waals surface area contributed by atoms with Crippen molar-refractivity contribution in [2.45, 2.75) is 26.1 Å². The molecule has 2 aromatic carbocycles. The first-order valence-corrected chi connectivity index (χ1v) is 10.0. The van der Waals surface area contributed by atoms with Gasteiger partial charge in [0.15, 0.2) is 6.61 Å². The Hall–Kier alpha value is -3.81. The van der Waals surface area contributed by atoms with Crippen LogP contribution in [0.4, 0.5) is 32.0 Å². The summed E-state index contributed by atoms with van der Waals surface area (Å²) >= 11 is 0. The lowest BCUT2D eigenvalue weighted by Gasteiger charge is -2.15. The van der Waals surface area contributed by atoms with Crippen LogP contribution in [0.15, 0.2) is 35.1 Å². The number of nitrogens with one attached hydrogen (secondary N) is 1. The zero-order valence-electron chi connectivity index (χ0n) is 18.0. The summed E-state index contributed by atoms with van der Waals surface area (Å²) in [6.07, 6.45) is -4.65. The van der Waals surface area contributed by atoms with Crippen molar-refractivity contribution in [1.82, 2.24) is 14.3 Å². The minimum absolute atomic E-state index is 0.151. The number of halogens is 6. The minimum Gasteiger partial charge on any atom is -0.483 e. The smallest absolute Gasteiger partial charge is 0.422 e. The molecule has 0 unspecified atom stereocenters. The molecule has 0 fully saturated rings. The van der Waals surface area contributed by atoms with E-state index in [4.69, 9.17) is 5.11 Å². The number of ether oxygens (including phenoxy) is 1. The molecule has 0 aliphatic carbocycles. The molecule has 0 radical (unpaired) electrons. The van der Waals surface area contributed by atoms with E-state index in [1.807, 2.05) is 5.32 Å². The second kappa shape index (κ2) is 10.2. The second-order valence-corrected chi connectivity index (χ2v) is 7.09. The fourth-order valence-corrected chi connectivity index (χ4v) is 3.14. The lowest BCUT2D eigenvalue weighted by atomic mass is 10.1. The molecule has 2 N–H and O–H groups in total. The quantitative estimate of drug-likeness (QED) is 0.460. The van der Waals surface area contributed by atoms with Gasteiger partial charge in [0.25, 0.3) is 5.91 Å². The molecule has 0 saturated heterocycles. The standard InChI is InChI=1S/C21H18F6N4O4/c1-2-17-29-31(20(34)30(17)6-7-32)15-9-16(35-10-21(25,26)27)11(8-14(15)24)19(33)28-18-12(22)4-3-5-13(18)23/h3-5,8-9,32H,2,6-7,10H2,1H3,(H,28,33). The van der Waals surface area contributed by atoms with Crippen LogP contribution < -0.4 is 15.7 Å². The van der Waals surface area contributed by atoms with Gasteiger partial charge in [-0.15, -0.1) is 5.10 Å². The topological polar surface area (TPSA) is 98.4 Å². The molecule has 0 aliphatic heterocycles. The van der Waals surface area contributed by atoms with Crippen molar-refractivity contribution < 1.29 is 41.0 Å². The fourth-order valence-electron chi connectivity index (χ4n) is 3.14. The molecule has 0 saturated carbocycles. The predicted octanol–water partition coefficient (Wildman–Crippen LogP) is 3.20. The van der Waals surface area contributed by atoms with E-state index in [1.54, 1.807) is 6.92 Å². The van der Waals surface area contributed by atoms with E-state index in [2.05, 4.69) is 9.84 Å². The van der Waals surface area contributed by atoms with E-state index in [0.29, 0.717) is 16.8 Å². The third-order valence-corrected chi connectivity index (χ3v) is 4.69. The molecule has 1 amide bonds. The van der Waals surface area contributed by atoms with Gasteiger partial charge in [-0.1, -0.05) is 13.0 Å². The Morgan fingerprint density at radius 3 is 2.37 bits per heavy atom. The number of aryl methyl sites for hydroxylation is 1. The van der Waals surface area contributed by atoms with Gasteiger partial charge in [0, 0.05) is 12.5 Å². The zero-order chi connectivity index (χ0) is 25.9. The van der Waals surface area contributed by atoms with Crippen LogP contribution in [0.5, 0.6) is 5.75 Å². The Balaban J connectivity index is 2.12. The van der Waals surface area contributed by atoms with Gasteiger partial charge in [-0.05, 0) is 18.2 Å². The summed E-state index contributed by atoms with van der Waals surface area (Å²) < 4.78 is 87.4. The van der Waals surface area contributed by atoms with Crippen LogP contribution in [0.1, 0.15) is 23.1 Å². The van der Waals surface area contributed by atoms with Crippen molar-refractivity contribution in [2.75, 3.05) is 18.5 Å². The first-order valence-electron chi connectivity index (χ1n) is 10.0. The number of aliphatic hydroxyl groups excluding tert-OH is 1. The summed E-state index contributed by atoms with van der Waals surface area (Å²) in [7, 11) is 0. The van der Waals surface area contributed by atoms with E-state index in [0.717, 1.165) is 22.8 Å². The Labute approximate surface area is 193 Å². The second-order valence-electron chi connectivity index (χ2n) is 7.09. The number of nitrogens with zero attached hydrogens (tertiary/aromatic N) is 3. The molecule has 35 heavy (non-hydrogen) atoms. The van der Waals surface area contributed by atoms with E-state index in [9.17, 15) is 35.9 Å². The largest absolute Gasteiger partial charge is 0.483 e. The average Bonchev–Trinajstić information content (AvgIpc) is 3.10. The molecule has 0 spiro atoms. The molecule has 0 aliphatic rings. The summed E-state index contributed by atoms with van der Waals surface area (Å²) in [5.74, 6) is -5.67. The number of alkyl halides is 3. The highest BCUT2D eigenvalue weighted by molar-refractivity contribution is 6.06. The maximum atomic E-state index is 15.0. The normalized spacial score (nSPS) is 11.5. The molecule has 3 rings (SSSR count). The number of carbonyl (C=O) groups is 1. The number of aromatic nitrogens is 3. The van der Waals surface area contributed by atoms with Crippen LogP contribution in [0.2, 0.25) is 0 Å². The molecule has 0 atom stereocenters. The Morgan fingerprint density at radius 2 is 1.80 bits per heavy atom. The molecule has 8 nitrogen and oxygen atoms in total. The molecule has 14 heteroatoms. The number of aliphatic hydroxyl groups is 1. The number of hydrogen-bond donors (Lipinski definition) is 2. The number of benzene rings is 2. The average molecular weight is 504 g/mol. The van der Waals surface area contributed by atoms with Crippen molar-refractivity contribution in [2.24, 2.45) is 0 Å². The number of anilines is 1. The molecular formula is C21H18F6N4O4. The highest BCUT2D eigenvalue weighted by Crippen LogP contribution is 2.29. The lowest BCUT2D eigenvalue weighted by Crippen LogP contribution is -2.27. The predicted molar refractivity (Wildman–Crippen MR) is 110 cm³/mol. The van der Waals surface area contributed by atoms with Crippen LogP contribution in [0, 0.1) is 17.5 Å². The molecule has 1 heterocycles. The molecular weight excluding hydrogens is 486 g/mol. The molecule has 3 aromatic rings. The number of carbonyl (C=O) groups excluding carboxylic acids is 1. The Kier molecular flexibility index (Phi) is 7.53. The minimum atomic E-state index is -4.85. The maximum absolute atomic E-state index is 15.0. The highest BCUT2D eigenvalue weighted by Gasteiger charge is 2.30. The van der Waals surface area contributed by atoms with Crippen LogP contribution in [-0.4, -0.2) is 44.8 Å². The SMILES string of the molecule is CCc1nn(-c2cc(OCC(F)(F)F)c(C(=O)Nc3c(F)cccc3F)cc2F)c(=O)n1CCO. The van der Waals surface area contributed by atoms with E-state index in [-0.39, 0.29) is 18.8 Å². The molecule has 188 valence electrons. The number of hydrogen-bond acceptors (Lipinski definition) is 5. The van der Waals surface area contributed by atoms with Gasteiger partial charge in [-0.2, -0.15) is 17.9 Å². The van der Waals surface area contributed by atoms with Gasteiger partial charge in [-0.3, -0.25) is 9.36 Å². The van der Waals surface area contributed by atoms with E-state index in [1.165, 1.54) is 0 Å². The van der Waals surface area contributed by atoms with Gasteiger partial charge >= 0.3 is 11.9 Å². The van der Waals surface area contributed by atoms with Crippen molar-refractivity contribution in [3.8, 4) is 11.4 Å². The summed E-state index contributed by atoms with van der Waals surface area (Å²) in [6, 6.07) is 3.77. The Bertz CT molecular complexity index is 1280. The summed E-state index contributed by atoms with van der Waals surface area (Å²) in [4.78, 5) is 25.3. The zero-order valence-corrected chi connectivity index (χ0v) is 18.0. The number of para-hydroxylation sites is 1. The lowest BCUT2D eigenvalue weighted by molar-refractivity contribution is -0.153. The summed E-state index contributed by atoms with van der Waals surface area (Å²) in [5.41, 5.74) is -3.28. The summed E-state index contributed by atoms with van der Waals surface area (Å²) in [5, 5.41) is 14.9. The summed E-state index contributed by atoms with van der Waals surface area (Å²) in [6.45, 7) is -0.869. The van der Waals surface area contributed by atoms with Gasteiger partial charge < -0.3 is 15.2 Å². The van der Waals surface area contributed by atoms with Crippen LogP contribution >= 0.6 is 0 Å². The van der Waals surface area contributed by atoms with Crippen LogP contribution in [0.25, 0.3) is 5.69 Å². The first-order chi connectivity index (χ1) is 16.5. The molecule has 0 bridgehead atoms. The highest BCUT2D eigenvalue weighted by atomic mass is 19.4. The van der Waals surface area contributed by atoms with Crippen LogP contribution in [0.3, 0.4) is 0 Å². The number of amides is 1. The number of rotatable bonds is 8. The monoisotopic (exact) mass is 504 g/mol. The van der Waals surface area contributed by atoms with E-state index < -0.39 is 71.1 Å². The van der Waals surface area contributed by atoms with Gasteiger partial charge in [0.2, 0.25) is 0 Å². The third kappa shape index (κ3) is 5.65. The van der Waals surface area contributed by atoms with Crippen LogP contribution in [-0.2, 0) is 13.0 Å². The van der Waals surface area contributed by atoms with Gasteiger partial charge in [-0.25, -0.2) is 18.0 Å². The first kappa shape index (κ1) is 25.8. The van der Waals surface area contributed by atoms with E-state index >= 15 is 0 Å². The van der Waals surface area contributed by atoms with Crippen molar-refractivity contribution in [3.63, 3.8) is 0 Å². The fraction of sp³-hybridized carbons (Fsp3) is 0.286. The van der Waals surface area contributed by atoms with Gasteiger partial charge in [0.05, 0.1) is 18.7 Å².